The second-order valence-electron chi connectivity index (χ2n) is 6.92. The van der Waals surface area contributed by atoms with Gasteiger partial charge in [0.1, 0.15) is 11.6 Å². The summed E-state index contributed by atoms with van der Waals surface area (Å²) in [7, 11) is 1.57. The molecular formula is C22H26Cl2N4O2. The molecule has 3 aromatic rings. The lowest BCUT2D eigenvalue weighted by atomic mass is 10.1. The number of ether oxygens (including phenoxy) is 1. The van der Waals surface area contributed by atoms with Gasteiger partial charge in [-0.25, -0.2) is 4.98 Å². The number of amides is 1. The van der Waals surface area contributed by atoms with Crippen molar-refractivity contribution >= 4 is 40.1 Å². The molecule has 30 heavy (non-hydrogen) atoms. The monoisotopic (exact) mass is 448 g/mol. The lowest BCUT2D eigenvalue weighted by Crippen LogP contribution is -2.29. The van der Waals surface area contributed by atoms with Gasteiger partial charge in [0.05, 0.1) is 33.8 Å². The van der Waals surface area contributed by atoms with E-state index < -0.39 is 0 Å². The molecule has 0 aliphatic carbocycles. The first-order valence-electron chi connectivity index (χ1n) is 10.0. The number of hydrogen-bond donors (Lipinski definition) is 2. The third-order valence-electron chi connectivity index (χ3n) is 5.07. The van der Waals surface area contributed by atoms with Crippen molar-refractivity contribution < 1.29 is 9.53 Å². The normalized spacial score (nSPS) is 11.3. The number of carbonyl (C=O) groups is 1. The highest BCUT2D eigenvalue weighted by atomic mass is 35.5. The molecule has 1 amide bonds. The smallest absolute Gasteiger partial charge is 0.251 e. The Kier molecular flexibility index (Phi) is 7.58. The van der Waals surface area contributed by atoms with E-state index in [2.05, 4.69) is 34.0 Å². The van der Waals surface area contributed by atoms with E-state index in [4.69, 9.17) is 27.9 Å². The van der Waals surface area contributed by atoms with Crippen LogP contribution in [-0.4, -0.2) is 54.1 Å². The minimum Gasteiger partial charge on any atom is -0.496 e. The molecule has 0 bridgehead atoms. The predicted octanol–water partition coefficient (Wildman–Crippen LogP) is 5.01. The largest absolute Gasteiger partial charge is 0.496 e. The molecule has 0 unspecified atom stereocenters. The van der Waals surface area contributed by atoms with Crippen molar-refractivity contribution in [1.82, 2.24) is 20.2 Å². The number of methoxy groups -OCH3 is 1. The fourth-order valence-corrected chi connectivity index (χ4v) is 3.63. The van der Waals surface area contributed by atoms with E-state index in [1.54, 1.807) is 31.4 Å². The topological polar surface area (TPSA) is 70.2 Å². The number of aromatic nitrogens is 2. The molecule has 1 heterocycles. The van der Waals surface area contributed by atoms with Gasteiger partial charge < -0.3 is 19.9 Å². The summed E-state index contributed by atoms with van der Waals surface area (Å²) in [5, 5.41) is 3.88. The Balaban J connectivity index is 1.74. The first kappa shape index (κ1) is 22.4. The summed E-state index contributed by atoms with van der Waals surface area (Å²) in [6.07, 6.45) is 0.909. The molecule has 3 rings (SSSR count). The number of hydrogen-bond acceptors (Lipinski definition) is 4. The van der Waals surface area contributed by atoms with Gasteiger partial charge >= 0.3 is 0 Å². The maximum atomic E-state index is 12.5. The zero-order valence-corrected chi connectivity index (χ0v) is 18.9. The number of carbonyl (C=O) groups excluding carboxylic acids is 1. The summed E-state index contributed by atoms with van der Waals surface area (Å²) >= 11 is 12.2. The van der Waals surface area contributed by atoms with Gasteiger partial charge in [-0.15, -0.1) is 0 Å². The molecule has 0 saturated carbocycles. The van der Waals surface area contributed by atoms with Gasteiger partial charge in [-0.05, 0) is 56.4 Å². The molecule has 0 saturated heterocycles. The van der Waals surface area contributed by atoms with Crippen LogP contribution in [0.3, 0.4) is 0 Å². The molecule has 2 N–H and O–H groups in total. The number of imidazole rings is 1. The van der Waals surface area contributed by atoms with E-state index in [0.717, 1.165) is 37.1 Å². The standard InChI is InChI=1S/C22H26Cl2N4O2/c1-4-28(5-2)10-6-9-25-22(29)14-7-8-15(20(11-14)30-3)21-26-18-12-16(23)17(24)13-19(18)27-21/h7-8,11-13H,4-6,9-10H2,1-3H3,(H,25,29)(H,26,27). The fourth-order valence-electron chi connectivity index (χ4n) is 3.31. The number of rotatable bonds is 9. The molecule has 2 aromatic carbocycles. The lowest BCUT2D eigenvalue weighted by molar-refractivity contribution is 0.0951. The molecule has 8 heteroatoms. The van der Waals surface area contributed by atoms with Gasteiger partial charge in [0.15, 0.2) is 0 Å². The van der Waals surface area contributed by atoms with Crippen LogP contribution in [0.15, 0.2) is 30.3 Å². The minimum absolute atomic E-state index is 0.123. The Labute approximate surface area is 186 Å². The molecule has 0 atom stereocenters. The SMILES string of the molecule is CCN(CC)CCCNC(=O)c1ccc(-c2nc3cc(Cl)c(Cl)cc3[nH]2)c(OC)c1. The molecule has 0 aliphatic rings. The first-order valence-corrected chi connectivity index (χ1v) is 10.8. The predicted molar refractivity (Wildman–Crippen MR) is 123 cm³/mol. The molecule has 0 fully saturated rings. The molecule has 0 spiro atoms. The van der Waals surface area contributed by atoms with Crippen molar-refractivity contribution in [2.24, 2.45) is 0 Å². The highest BCUT2D eigenvalue weighted by molar-refractivity contribution is 6.42. The molecule has 160 valence electrons. The van der Waals surface area contributed by atoms with E-state index in [-0.39, 0.29) is 5.91 Å². The van der Waals surface area contributed by atoms with Crippen LogP contribution in [0.2, 0.25) is 10.0 Å². The minimum atomic E-state index is -0.123. The number of nitrogens with one attached hydrogen (secondary N) is 2. The zero-order chi connectivity index (χ0) is 21.7. The van der Waals surface area contributed by atoms with Crippen molar-refractivity contribution in [2.75, 3.05) is 33.3 Å². The third-order valence-corrected chi connectivity index (χ3v) is 5.80. The van der Waals surface area contributed by atoms with E-state index in [9.17, 15) is 4.79 Å². The second-order valence-corrected chi connectivity index (χ2v) is 7.73. The Morgan fingerprint density at radius 2 is 1.90 bits per heavy atom. The average molecular weight is 449 g/mol. The number of nitrogens with zero attached hydrogens (tertiary/aromatic N) is 2. The lowest BCUT2D eigenvalue weighted by Gasteiger charge is -2.17. The van der Waals surface area contributed by atoms with Crippen molar-refractivity contribution in [2.45, 2.75) is 20.3 Å². The summed E-state index contributed by atoms with van der Waals surface area (Å²) in [5.74, 6) is 1.05. The number of aromatic amines is 1. The van der Waals surface area contributed by atoms with Gasteiger partial charge in [0, 0.05) is 12.1 Å². The van der Waals surface area contributed by atoms with E-state index in [0.29, 0.717) is 39.2 Å². The maximum Gasteiger partial charge on any atom is 0.251 e. The van der Waals surface area contributed by atoms with E-state index in [1.807, 2.05) is 6.07 Å². The van der Waals surface area contributed by atoms with Crippen LogP contribution in [-0.2, 0) is 0 Å². The van der Waals surface area contributed by atoms with Crippen LogP contribution in [0.4, 0.5) is 0 Å². The quantitative estimate of drug-likeness (QED) is 0.451. The molecule has 0 aliphatic heterocycles. The van der Waals surface area contributed by atoms with Crippen LogP contribution in [0.1, 0.15) is 30.6 Å². The van der Waals surface area contributed by atoms with Crippen LogP contribution >= 0.6 is 23.2 Å². The Hall–Kier alpha value is -2.28. The van der Waals surface area contributed by atoms with Crippen molar-refractivity contribution in [3.8, 4) is 17.1 Å². The summed E-state index contributed by atoms with van der Waals surface area (Å²) in [5.41, 5.74) is 2.77. The van der Waals surface area contributed by atoms with Gasteiger partial charge in [0.25, 0.3) is 5.91 Å². The van der Waals surface area contributed by atoms with Crippen LogP contribution in [0, 0.1) is 0 Å². The average Bonchev–Trinajstić information content (AvgIpc) is 3.15. The summed E-state index contributed by atoms with van der Waals surface area (Å²) in [6, 6.07) is 8.77. The van der Waals surface area contributed by atoms with Crippen molar-refractivity contribution in [3.63, 3.8) is 0 Å². The second kappa shape index (κ2) is 10.2. The van der Waals surface area contributed by atoms with E-state index in [1.165, 1.54) is 0 Å². The third kappa shape index (κ3) is 5.06. The summed E-state index contributed by atoms with van der Waals surface area (Å²) in [6.45, 7) is 7.91. The van der Waals surface area contributed by atoms with Crippen molar-refractivity contribution in [3.05, 3.63) is 45.9 Å². The number of fused-ring (bicyclic) bond motifs is 1. The molecule has 0 radical (unpaired) electrons. The fraction of sp³-hybridized carbons (Fsp3) is 0.364. The molecule has 6 nitrogen and oxygen atoms in total. The highest BCUT2D eigenvalue weighted by Crippen LogP contribution is 2.33. The summed E-state index contributed by atoms with van der Waals surface area (Å²) in [4.78, 5) is 22.7. The van der Waals surface area contributed by atoms with Gasteiger partial charge in [0.2, 0.25) is 0 Å². The van der Waals surface area contributed by atoms with Gasteiger partial charge in [-0.1, -0.05) is 37.0 Å². The van der Waals surface area contributed by atoms with Gasteiger partial charge in [-0.3, -0.25) is 4.79 Å². The Bertz CT molecular complexity index is 992. The van der Waals surface area contributed by atoms with Crippen molar-refractivity contribution in [1.29, 1.82) is 0 Å². The Morgan fingerprint density at radius 1 is 1.17 bits per heavy atom. The molecule has 1 aromatic heterocycles. The number of benzene rings is 2. The molecular weight excluding hydrogens is 423 g/mol. The van der Waals surface area contributed by atoms with Gasteiger partial charge in [-0.2, -0.15) is 0 Å². The van der Waals surface area contributed by atoms with E-state index >= 15 is 0 Å². The Morgan fingerprint density at radius 3 is 2.60 bits per heavy atom. The van der Waals surface area contributed by atoms with Crippen LogP contribution in [0.5, 0.6) is 5.75 Å². The summed E-state index contributed by atoms with van der Waals surface area (Å²) < 4.78 is 5.52. The number of H-pyrrole nitrogens is 1. The zero-order valence-electron chi connectivity index (χ0n) is 17.4. The number of halogens is 2. The first-order chi connectivity index (χ1) is 14.5. The maximum absolute atomic E-state index is 12.5. The highest BCUT2D eigenvalue weighted by Gasteiger charge is 2.15. The van der Waals surface area contributed by atoms with Crippen LogP contribution in [0.25, 0.3) is 22.4 Å². The van der Waals surface area contributed by atoms with Crippen LogP contribution < -0.4 is 10.1 Å².